The number of para-hydroxylation sites is 2. The van der Waals surface area contributed by atoms with Gasteiger partial charge in [-0.15, -0.1) is 0 Å². The second kappa shape index (κ2) is 6.44. The number of hydrogen-bond donors (Lipinski definition) is 0. The molecule has 0 N–H and O–H groups in total. The molecular weight excluding hydrogens is 324 g/mol. The lowest BCUT2D eigenvalue weighted by Crippen LogP contribution is -2.00. The molecule has 0 spiro atoms. The molecule has 0 saturated carbocycles. The molecule has 2 aromatic carbocycles. The van der Waals surface area contributed by atoms with E-state index < -0.39 is 0 Å². The van der Waals surface area contributed by atoms with Crippen molar-refractivity contribution in [1.29, 1.82) is 0 Å². The number of fused-ring (bicyclic) bond motifs is 1. The smallest absolute Gasteiger partial charge is 0.141 e. The lowest BCUT2D eigenvalue weighted by Gasteiger charge is -2.09. The largest absolute Gasteiger partial charge is 0.324 e. The fraction of sp³-hybridized carbons (Fsp3) is 0.278. The maximum Gasteiger partial charge on any atom is 0.141 e. The van der Waals surface area contributed by atoms with Gasteiger partial charge >= 0.3 is 0 Å². The predicted octanol–water partition coefficient (Wildman–Crippen LogP) is 5.66. The molecule has 0 atom stereocenters. The molecule has 0 unspecified atom stereocenters. The molecule has 108 valence electrons. The number of imidazole rings is 1. The minimum absolute atomic E-state index is 1.02. The number of hydrogen-bond acceptors (Lipinski definition) is 1. The fourth-order valence-electron chi connectivity index (χ4n) is 2.67. The molecule has 3 heteroatoms. The van der Waals surface area contributed by atoms with Crippen molar-refractivity contribution in [2.45, 2.75) is 32.7 Å². The average molecular weight is 343 g/mol. The summed E-state index contributed by atoms with van der Waals surface area (Å²) in [7, 11) is 0. The summed E-state index contributed by atoms with van der Waals surface area (Å²) in [6.45, 7) is 3.26. The Kier molecular flexibility index (Phi) is 4.39. The minimum atomic E-state index is 1.02. The quantitative estimate of drug-likeness (QED) is 0.547. The zero-order valence-electron chi connectivity index (χ0n) is 12.2. The van der Waals surface area contributed by atoms with E-state index in [9.17, 15) is 0 Å². The topological polar surface area (TPSA) is 17.8 Å². The van der Waals surface area contributed by atoms with Gasteiger partial charge in [-0.2, -0.15) is 0 Å². The first kappa shape index (κ1) is 14.3. The molecule has 2 nitrogen and oxygen atoms in total. The average Bonchev–Trinajstić information content (AvgIpc) is 2.87. The molecule has 0 saturated heterocycles. The van der Waals surface area contributed by atoms with Crippen LogP contribution in [0.3, 0.4) is 0 Å². The Morgan fingerprint density at radius 3 is 2.71 bits per heavy atom. The highest BCUT2D eigenvalue weighted by molar-refractivity contribution is 9.10. The van der Waals surface area contributed by atoms with E-state index in [-0.39, 0.29) is 0 Å². The maximum absolute atomic E-state index is 4.84. The Labute approximate surface area is 134 Å². The van der Waals surface area contributed by atoms with Gasteiger partial charge in [-0.05, 0) is 30.7 Å². The van der Waals surface area contributed by atoms with Crippen molar-refractivity contribution in [2.75, 3.05) is 0 Å². The van der Waals surface area contributed by atoms with E-state index in [4.69, 9.17) is 4.98 Å². The number of benzene rings is 2. The molecule has 0 amide bonds. The SMILES string of the molecule is CCCCCn1c(-c2cccc(Br)c2)nc2ccccc21. The number of nitrogens with zero attached hydrogens (tertiary/aromatic N) is 2. The molecule has 0 bridgehead atoms. The second-order valence-corrected chi connectivity index (χ2v) is 6.21. The van der Waals surface area contributed by atoms with Crippen LogP contribution in [-0.4, -0.2) is 9.55 Å². The highest BCUT2D eigenvalue weighted by atomic mass is 79.9. The first-order chi connectivity index (χ1) is 10.3. The molecular formula is C18H19BrN2. The highest BCUT2D eigenvalue weighted by Gasteiger charge is 2.12. The van der Waals surface area contributed by atoms with Crippen LogP contribution in [0, 0.1) is 0 Å². The lowest BCUT2D eigenvalue weighted by atomic mass is 10.2. The normalized spacial score (nSPS) is 11.1. The molecule has 0 aliphatic rings. The Morgan fingerprint density at radius 1 is 1.05 bits per heavy atom. The molecule has 21 heavy (non-hydrogen) atoms. The minimum Gasteiger partial charge on any atom is -0.324 e. The first-order valence-corrected chi connectivity index (χ1v) is 8.30. The number of rotatable bonds is 5. The summed E-state index contributed by atoms with van der Waals surface area (Å²) in [6, 6.07) is 16.8. The van der Waals surface area contributed by atoms with Crippen LogP contribution < -0.4 is 0 Å². The first-order valence-electron chi connectivity index (χ1n) is 7.51. The summed E-state index contributed by atoms with van der Waals surface area (Å²) in [5, 5.41) is 0. The third kappa shape index (κ3) is 3.03. The van der Waals surface area contributed by atoms with Crippen LogP contribution in [0.2, 0.25) is 0 Å². The summed E-state index contributed by atoms with van der Waals surface area (Å²) in [4.78, 5) is 4.84. The van der Waals surface area contributed by atoms with Crippen molar-refractivity contribution in [1.82, 2.24) is 9.55 Å². The van der Waals surface area contributed by atoms with Gasteiger partial charge in [0.1, 0.15) is 5.82 Å². The van der Waals surface area contributed by atoms with Crippen molar-refractivity contribution < 1.29 is 0 Å². The molecule has 0 radical (unpaired) electrons. The molecule has 3 rings (SSSR count). The van der Waals surface area contributed by atoms with Crippen LogP contribution >= 0.6 is 15.9 Å². The Balaban J connectivity index is 2.09. The van der Waals surface area contributed by atoms with Gasteiger partial charge < -0.3 is 4.57 Å². The van der Waals surface area contributed by atoms with Crippen molar-refractivity contribution in [2.24, 2.45) is 0 Å². The summed E-state index contributed by atoms with van der Waals surface area (Å²) >= 11 is 3.55. The van der Waals surface area contributed by atoms with Crippen molar-refractivity contribution in [3.05, 3.63) is 53.0 Å². The van der Waals surface area contributed by atoms with Gasteiger partial charge in [0, 0.05) is 16.6 Å². The molecule has 0 aliphatic carbocycles. The third-order valence-corrected chi connectivity index (χ3v) is 4.22. The summed E-state index contributed by atoms with van der Waals surface area (Å²) in [5.41, 5.74) is 3.46. The van der Waals surface area contributed by atoms with Gasteiger partial charge in [-0.3, -0.25) is 0 Å². The highest BCUT2D eigenvalue weighted by Crippen LogP contribution is 2.27. The molecule has 0 fully saturated rings. The number of aryl methyl sites for hydroxylation is 1. The van der Waals surface area contributed by atoms with Crippen LogP contribution in [-0.2, 0) is 6.54 Å². The fourth-order valence-corrected chi connectivity index (χ4v) is 3.07. The van der Waals surface area contributed by atoms with Gasteiger partial charge in [0.15, 0.2) is 0 Å². The van der Waals surface area contributed by atoms with Gasteiger partial charge in [-0.25, -0.2) is 4.98 Å². The van der Waals surface area contributed by atoms with Gasteiger partial charge in [0.25, 0.3) is 0 Å². The van der Waals surface area contributed by atoms with Gasteiger partial charge in [0.2, 0.25) is 0 Å². The second-order valence-electron chi connectivity index (χ2n) is 5.29. The maximum atomic E-state index is 4.84. The number of unbranched alkanes of at least 4 members (excludes halogenated alkanes) is 2. The van der Waals surface area contributed by atoms with Crippen molar-refractivity contribution >= 4 is 27.0 Å². The summed E-state index contributed by atoms with van der Waals surface area (Å²) in [6.07, 6.45) is 3.68. The molecule has 3 aromatic rings. The predicted molar refractivity (Wildman–Crippen MR) is 92.4 cm³/mol. The van der Waals surface area contributed by atoms with Gasteiger partial charge in [-0.1, -0.05) is 60.0 Å². The summed E-state index contributed by atoms with van der Waals surface area (Å²) in [5.74, 6) is 1.06. The zero-order chi connectivity index (χ0) is 14.7. The van der Waals surface area contributed by atoms with E-state index >= 15 is 0 Å². The van der Waals surface area contributed by atoms with Crippen molar-refractivity contribution in [3.8, 4) is 11.4 Å². The Morgan fingerprint density at radius 2 is 1.90 bits per heavy atom. The lowest BCUT2D eigenvalue weighted by molar-refractivity contribution is 0.617. The van der Waals surface area contributed by atoms with Crippen LogP contribution in [0.25, 0.3) is 22.4 Å². The number of aromatic nitrogens is 2. The Bertz CT molecular complexity index is 746. The number of halogens is 1. The zero-order valence-corrected chi connectivity index (χ0v) is 13.8. The van der Waals surface area contributed by atoms with E-state index in [1.807, 2.05) is 6.07 Å². The van der Waals surface area contributed by atoms with E-state index in [1.165, 1.54) is 24.8 Å². The van der Waals surface area contributed by atoms with Crippen LogP contribution in [0.1, 0.15) is 26.2 Å². The van der Waals surface area contributed by atoms with E-state index in [1.54, 1.807) is 0 Å². The van der Waals surface area contributed by atoms with Crippen LogP contribution in [0.5, 0.6) is 0 Å². The van der Waals surface area contributed by atoms with E-state index in [2.05, 4.69) is 69.9 Å². The Hall–Kier alpha value is -1.61. The van der Waals surface area contributed by atoms with Crippen molar-refractivity contribution in [3.63, 3.8) is 0 Å². The monoisotopic (exact) mass is 342 g/mol. The van der Waals surface area contributed by atoms with Gasteiger partial charge in [0.05, 0.1) is 11.0 Å². The van der Waals surface area contributed by atoms with Crippen LogP contribution in [0.15, 0.2) is 53.0 Å². The molecule has 1 heterocycles. The van der Waals surface area contributed by atoms with Crippen LogP contribution in [0.4, 0.5) is 0 Å². The van der Waals surface area contributed by atoms with E-state index in [0.717, 1.165) is 27.9 Å². The summed E-state index contributed by atoms with van der Waals surface area (Å²) < 4.78 is 3.44. The molecule has 1 aromatic heterocycles. The molecule has 0 aliphatic heterocycles. The van der Waals surface area contributed by atoms with E-state index in [0.29, 0.717) is 0 Å². The standard InChI is InChI=1S/C18H19BrN2/c1-2-3-6-12-21-17-11-5-4-10-16(17)20-18(21)14-8-7-9-15(19)13-14/h4-5,7-11,13H,2-3,6,12H2,1H3. The third-order valence-electron chi connectivity index (χ3n) is 3.72.